The fraction of sp³-hybridized carbons (Fsp3) is 0.611. The van der Waals surface area contributed by atoms with Gasteiger partial charge in [-0.15, -0.1) is 0 Å². The maximum atomic E-state index is 12.2. The minimum Gasteiger partial charge on any atom is -0.469 e. The first-order valence-corrected chi connectivity index (χ1v) is 10.2. The smallest absolute Gasteiger partial charge is 0.313 e. The van der Waals surface area contributed by atoms with Crippen LogP contribution >= 0.6 is 0 Å². The van der Waals surface area contributed by atoms with E-state index in [4.69, 9.17) is 4.74 Å². The highest BCUT2D eigenvalue weighted by Gasteiger charge is 2.26. The topological polar surface area (TPSA) is 60.4 Å². The third-order valence-electron chi connectivity index (χ3n) is 4.74. The molecular weight excluding hydrogens is 312 g/mol. The van der Waals surface area contributed by atoms with Gasteiger partial charge in [0.1, 0.15) is 0 Å². The van der Waals surface area contributed by atoms with E-state index in [9.17, 15) is 13.2 Å². The van der Waals surface area contributed by atoms with Crippen LogP contribution in [0.2, 0.25) is 0 Å². The van der Waals surface area contributed by atoms with Gasteiger partial charge in [0.05, 0.1) is 17.9 Å². The summed E-state index contributed by atoms with van der Waals surface area (Å²) in [5.41, 5.74) is 0.841. The largest absolute Gasteiger partial charge is 0.469 e. The Labute approximate surface area is 139 Å². The van der Waals surface area contributed by atoms with Crippen LogP contribution in [0, 0.1) is 5.92 Å². The molecular formula is C18H26O4S. The molecule has 1 aliphatic carbocycles. The molecule has 0 saturated heterocycles. The van der Waals surface area contributed by atoms with Crippen molar-refractivity contribution in [2.45, 2.75) is 55.8 Å². The van der Waals surface area contributed by atoms with E-state index in [-0.39, 0.29) is 16.8 Å². The molecule has 1 atom stereocenters. The molecule has 1 aromatic carbocycles. The van der Waals surface area contributed by atoms with Crippen LogP contribution in [0.25, 0.3) is 0 Å². The lowest BCUT2D eigenvalue weighted by molar-refractivity contribution is -0.143. The molecule has 0 amide bonds. The summed E-state index contributed by atoms with van der Waals surface area (Å²) in [4.78, 5) is 12.5. The number of methoxy groups -OCH3 is 1. The Morgan fingerprint density at radius 3 is 2.17 bits per heavy atom. The average Bonchev–Trinajstić information content (AvgIpc) is 2.80. The van der Waals surface area contributed by atoms with Crippen LogP contribution < -0.4 is 0 Å². The van der Waals surface area contributed by atoms with Crippen LogP contribution in [0.1, 0.15) is 56.4 Å². The summed E-state index contributed by atoms with van der Waals surface area (Å²) in [6.07, 6.45) is 9.31. The standard InChI is InChI=1S/C18H26O4S/c1-22-18(19)17(13-14-7-5-3-4-6-8-14)15-9-11-16(12-10-15)23(2,20)21/h9-12,14,17H,3-8,13H2,1-2H3. The molecule has 1 unspecified atom stereocenters. The van der Waals surface area contributed by atoms with Crippen molar-refractivity contribution >= 4 is 15.8 Å². The molecule has 0 spiro atoms. The maximum Gasteiger partial charge on any atom is 0.313 e. The molecule has 0 radical (unpaired) electrons. The van der Waals surface area contributed by atoms with E-state index >= 15 is 0 Å². The van der Waals surface area contributed by atoms with Crippen molar-refractivity contribution in [3.63, 3.8) is 0 Å². The van der Waals surface area contributed by atoms with E-state index in [1.165, 1.54) is 39.0 Å². The molecule has 1 aromatic rings. The van der Waals surface area contributed by atoms with E-state index in [0.29, 0.717) is 5.92 Å². The third kappa shape index (κ3) is 5.06. The minimum absolute atomic E-state index is 0.235. The molecule has 0 heterocycles. The third-order valence-corrected chi connectivity index (χ3v) is 5.87. The zero-order valence-corrected chi connectivity index (χ0v) is 14.8. The van der Waals surface area contributed by atoms with Gasteiger partial charge in [-0.05, 0) is 30.0 Å². The zero-order chi connectivity index (χ0) is 16.9. The number of carbonyl (C=O) groups is 1. The number of carbonyl (C=O) groups excluding carboxylic acids is 1. The lowest BCUT2D eigenvalue weighted by atomic mass is 9.85. The van der Waals surface area contributed by atoms with Gasteiger partial charge in [-0.25, -0.2) is 8.42 Å². The monoisotopic (exact) mass is 338 g/mol. The first kappa shape index (κ1) is 18.0. The van der Waals surface area contributed by atoms with Crippen LogP contribution in [0.15, 0.2) is 29.2 Å². The summed E-state index contributed by atoms with van der Waals surface area (Å²) in [5, 5.41) is 0. The van der Waals surface area contributed by atoms with Crippen LogP contribution in [-0.2, 0) is 19.4 Å². The Bertz CT molecular complexity index is 611. The quantitative estimate of drug-likeness (QED) is 0.606. The first-order chi connectivity index (χ1) is 10.9. The average molecular weight is 338 g/mol. The second-order valence-electron chi connectivity index (χ2n) is 6.51. The number of sulfone groups is 1. The van der Waals surface area contributed by atoms with Crippen molar-refractivity contribution in [1.82, 2.24) is 0 Å². The molecule has 23 heavy (non-hydrogen) atoms. The number of rotatable bonds is 5. The summed E-state index contributed by atoms with van der Waals surface area (Å²) in [5.74, 6) is -0.00533. The SMILES string of the molecule is COC(=O)C(CC1CCCCCC1)c1ccc(S(C)(=O)=O)cc1. The highest BCUT2D eigenvalue weighted by Crippen LogP contribution is 2.33. The number of ether oxygens (including phenoxy) is 1. The summed E-state index contributed by atoms with van der Waals surface area (Å²) < 4.78 is 28.1. The van der Waals surface area contributed by atoms with Crippen LogP contribution in [0.4, 0.5) is 0 Å². The Morgan fingerprint density at radius 1 is 1.13 bits per heavy atom. The lowest BCUT2D eigenvalue weighted by Gasteiger charge is -2.21. The normalized spacial score (nSPS) is 18.2. The molecule has 1 saturated carbocycles. The van der Waals surface area contributed by atoms with Crippen molar-refractivity contribution in [3.05, 3.63) is 29.8 Å². The van der Waals surface area contributed by atoms with Gasteiger partial charge in [0, 0.05) is 6.26 Å². The van der Waals surface area contributed by atoms with Crippen LogP contribution in [0.5, 0.6) is 0 Å². The summed E-state index contributed by atoms with van der Waals surface area (Å²) in [6.45, 7) is 0. The second kappa shape index (κ2) is 7.95. The van der Waals surface area contributed by atoms with Gasteiger partial charge in [0.25, 0.3) is 0 Å². The summed E-state index contributed by atoms with van der Waals surface area (Å²) >= 11 is 0. The molecule has 4 nitrogen and oxygen atoms in total. The Hall–Kier alpha value is -1.36. The van der Waals surface area contributed by atoms with Gasteiger partial charge in [-0.1, -0.05) is 50.7 Å². The Morgan fingerprint density at radius 2 is 1.70 bits per heavy atom. The molecule has 2 rings (SSSR count). The highest BCUT2D eigenvalue weighted by atomic mass is 32.2. The highest BCUT2D eigenvalue weighted by molar-refractivity contribution is 7.90. The van der Waals surface area contributed by atoms with Gasteiger partial charge in [0.15, 0.2) is 9.84 Å². The lowest BCUT2D eigenvalue weighted by Crippen LogP contribution is -2.18. The number of hydrogen-bond acceptors (Lipinski definition) is 4. The molecule has 0 bridgehead atoms. The van der Waals surface area contributed by atoms with Gasteiger partial charge < -0.3 is 4.74 Å². The molecule has 5 heteroatoms. The first-order valence-electron chi connectivity index (χ1n) is 8.29. The summed E-state index contributed by atoms with van der Waals surface area (Å²) in [7, 11) is -1.81. The van der Waals surface area contributed by atoms with Gasteiger partial charge in [-0.2, -0.15) is 0 Å². The zero-order valence-electron chi connectivity index (χ0n) is 14.0. The Kier molecular flexibility index (Phi) is 6.22. The number of benzene rings is 1. The Balaban J connectivity index is 2.19. The molecule has 0 aliphatic heterocycles. The molecule has 1 aliphatic rings. The molecule has 1 fully saturated rings. The van der Waals surface area contributed by atoms with Crippen molar-refractivity contribution in [3.8, 4) is 0 Å². The van der Waals surface area contributed by atoms with Gasteiger partial charge in [0.2, 0.25) is 0 Å². The van der Waals surface area contributed by atoms with Crippen molar-refractivity contribution in [2.24, 2.45) is 5.92 Å². The van der Waals surface area contributed by atoms with Gasteiger partial charge >= 0.3 is 5.97 Å². The van der Waals surface area contributed by atoms with E-state index in [2.05, 4.69) is 0 Å². The molecule has 0 aromatic heterocycles. The van der Waals surface area contributed by atoms with Crippen molar-refractivity contribution < 1.29 is 17.9 Å². The number of esters is 1. The predicted molar refractivity (Wildman–Crippen MR) is 90.1 cm³/mol. The van der Waals surface area contributed by atoms with Crippen LogP contribution in [0.3, 0.4) is 0 Å². The molecule has 0 N–H and O–H groups in total. The van der Waals surface area contributed by atoms with E-state index < -0.39 is 9.84 Å². The maximum absolute atomic E-state index is 12.2. The van der Waals surface area contributed by atoms with Crippen molar-refractivity contribution in [1.29, 1.82) is 0 Å². The fourth-order valence-electron chi connectivity index (χ4n) is 3.39. The predicted octanol–water partition coefficient (Wildman–Crippen LogP) is 3.71. The van der Waals surface area contributed by atoms with Gasteiger partial charge in [-0.3, -0.25) is 4.79 Å². The van der Waals surface area contributed by atoms with E-state index in [1.807, 2.05) is 0 Å². The number of hydrogen-bond donors (Lipinski definition) is 0. The van der Waals surface area contributed by atoms with E-state index in [0.717, 1.165) is 24.8 Å². The van der Waals surface area contributed by atoms with E-state index in [1.54, 1.807) is 24.3 Å². The van der Waals surface area contributed by atoms with Crippen LogP contribution in [-0.4, -0.2) is 27.8 Å². The van der Waals surface area contributed by atoms with Crippen molar-refractivity contribution in [2.75, 3.05) is 13.4 Å². The summed E-state index contributed by atoms with van der Waals surface area (Å²) in [6, 6.07) is 6.64. The fourth-order valence-corrected chi connectivity index (χ4v) is 4.02. The second-order valence-corrected chi connectivity index (χ2v) is 8.53. The minimum atomic E-state index is -3.22. The molecule has 128 valence electrons.